The number of alkyl halides is 4. The van der Waals surface area contributed by atoms with E-state index in [0.29, 0.717) is 64.9 Å². The van der Waals surface area contributed by atoms with Gasteiger partial charge in [0.15, 0.2) is 12.4 Å². The zero-order valence-corrected chi connectivity index (χ0v) is 29.4. The van der Waals surface area contributed by atoms with Gasteiger partial charge in [-0.2, -0.15) is 28.2 Å². The van der Waals surface area contributed by atoms with E-state index < -0.39 is 36.2 Å². The maximum Gasteiger partial charge on any atom is 0.422 e. The molecule has 3 aliphatic heterocycles. The van der Waals surface area contributed by atoms with Crippen molar-refractivity contribution >= 4 is 33.4 Å². The molecule has 280 valence electrons. The average Bonchev–Trinajstić information content (AvgIpc) is 3.80. The summed E-state index contributed by atoms with van der Waals surface area (Å²) in [5, 5.41) is 11.3. The molecule has 1 saturated carbocycles. The lowest BCUT2D eigenvalue weighted by Crippen LogP contribution is -2.51. The summed E-state index contributed by atoms with van der Waals surface area (Å²) < 4.78 is 88.2. The Morgan fingerprint density at radius 3 is 2.71 bits per heavy atom. The summed E-state index contributed by atoms with van der Waals surface area (Å²) in [5.74, 6) is -1.43. The van der Waals surface area contributed by atoms with E-state index in [1.165, 1.54) is 19.0 Å². The van der Waals surface area contributed by atoms with E-state index in [1.54, 1.807) is 12.3 Å². The van der Waals surface area contributed by atoms with Gasteiger partial charge in [0.25, 0.3) is 0 Å². The normalized spacial score (nSPS) is 26.3. The highest BCUT2D eigenvalue weighted by Gasteiger charge is 2.49. The molecule has 4 aliphatic rings. The summed E-state index contributed by atoms with van der Waals surface area (Å²) in [6.45, 7) is 2.07. The molecule has 4 fully saturated rings. The lowest BCUT2D eigenvalue weighted by molar-refractivity contribution is -0.153. The van der Waals surface area contributed by atoms with Crippen LogP contribution in [-0.2, 0) is 11.2 Å². The van der Waals surface area contributed by atoms with Gasteiger partial charge in [0.2, 0.25) is 5.88 Å². The van der Waals surface area contributed by atoms with Gasteiger partial charge in [-0.15, -0.1) is 0 Å². The van der Waals surface area contributed by atoms with Crippen LogP contribution in [0.3, 0.4) is 0 Å². The quantitative estimate of drug-likeness (QED) is 0.116. The Balaban J connectivity index is 1.07. The van der Waals surface area contributed by atoms with E-state index in [2.05, 4.69) is 30.5 Å². The van der Waals surface area contributed by atoms with Gasteiger partial charge in [-0.25, -0.2) is 8.78 Å². The number of hydrogen-bond donors (Lipinski definition) is 2. The number of nitrogens with zero attached hydrogens (tertiary/aromatic N) is 5. The van der Waals surface area contributed by atoms with Crippen LogP contribution in [0.4, 0.5) is 22.0 Å². The number of aromatic amines is 1. The standard InChI is InChI=1S/C36H41ClF5N7O3/c37-26-11-27-24(16-45-48-27)28(23(26)5-1-2-10-50-22-13-34(14-22)6-3-8-43-18-34)31-29(39)30-25(15-44-31)32(51-20-36(40,41)42)47-33(46-30)52-19-35-7-4-9-49(35)17-21(38)12-35/h11,15-16,21-22,43H,1-10,12-14,17-20H2,(H,45,48)/t21-,22?,34?,35+/m1/s1. The Kier molecular flexibility index (Phi) is 9.66. The zero-order valence-electron chi connectivity index (χ0n) is 28.6. The predicted octanol–water partition coefficient (Wildman–Crippen LogP) is 7.13. The second-order valence-corrected chi connectivity index (χ2v) is 15.4. The number of ether oxygens (including phenoxy) is 3. The number of halogens is 6. The summed E-state index contributed by atoms with van der Waals surface area (Å²) in [4.78, 5) is 14.8. The van der Waals surface area contributed by atoms with Crippen molar-refractivity contribution in [1.29, 1.82) is 0 Å². The summed E-state index contributed by atoms with van der Waals surface area (Å²) in [5.41, 5.74) is 0.986. The van der Waals surface area contributed by atoms with Gasteiger partial charge >= 0.3 is 12.2 Å². The fraction of sp³-hybridized carbons (Fsp3) is 0.611. The molecule has 0 unspecified atom stereocenters. The third-order valence-electron chi connectivity index (χ3n) is 11.3. The number of pyridine rings is 1. The number of benzene rings is 1. The van der Waals surface area contributed by atoms with E-state index in [1.807, 2.05) is 4.90 Å². The van der Waals surface area contributed by atoms with Gasteiger partial charge < -0.3 is 19.5 Å². The molecule has 2 atom stereocenters. The van der Waals surface area contributed by atoms with Crippen molar-refractivity contribution in [2.75, 3.05) is 46.0 Å². The van der Waals surface area contributed by atoms with Crippen LogP contribution in [-0.4, -0.2) is 100 Å². The SMILES string of the molecule is Fc1c(-c2c(CCCCOC3CC4(CCCNC4)C3)c(Cl)cc3[nH]ncc23)ncc2c(OCC(F)(F)F)nc(OC[C@@]34CCCN3C[C@H](F)C4)nc12. The van der Waals surface area contributed by atoms with E-state index >= 15 is 4.39 Å². The first-order valence-corrected chi connectivity index (χ1v) is 18.4. The lowest BCUT2D eigenvalue weighted by atomic mass is 9.63. The first-order valence-electron chi connectivity index (χ1n) is 18.1. The number of rotatable bonds is 12. The summed E-state index contributed by atoms with van der Waals surface area (Å²) in [6.07, 6.45) is 5.70. The molecule has 0 amide bonds. The molecule has 0 radical (unpaired) electrons. The minimum atomic E-state index is -4.69. The maximum absolute atomic E-state index is 16.8. The van der Waals surface area contributed by atoms with Crippen molar-refractivity contribution in [3.8, 4) is 23.1 Å². The van der Waals surface area contributed by atoms with Gasteiger partial charge in [0.1, 0.15) is 24.0 Å². The molecule has 1 spiro atoms. The van der Waals surface area contributed by atoms with Crippen LogP contribution in [0.15, 0.2) is 18.5 Å². The Bertz CT molecular complexity index is 1930. The third kappa shape index (κ3) is 7.01. The fourth-order valence-corrected chi connectivity index (χ4v) is 9.13. The van der Waals surface area contributed by atoms with Crippen molar-refractivity contribution in [2.45, 2.75) is 88.2 Å². The summed E-state index contributed by atoms with van der Waals surface area (Å²) >= 11 is 6.82. The van der Waals surface area contributed by atoms with Gasteiger partial charge in [0.05, 0.1) is 28.7 Å². The molecule has 2 N–H and O–H groups in total. The van der Waals surface area contributed by atoms with Crippen LogP contribution in [0.5, 0.6) is 11.9 Å². The predicted molar refractivity (Wildman–Crippen MR) is 184 cm³/mol. The van der Waals surface area contributed by atoms with E-state index in [9.17, 15) is 17.6 Å². The van der Waals surface area contributed by atoms with Crippen LogP contribution in [0.2, 0.25) is 5.02 Å². The van der Waals surface area contributed by atoms with Crippen LogP contribution < -0.4 is 14.8 Å². The lowest BCUT2D eigenvalue weighted by Gasteiger charge is -2.50. The van der Waals surface area contributed by atoms with Crippen LogP contribution in [0, 0.1) is 11.2 Å². The molecule has 52 heavy (non-hydrogen) atoms. The number of fused-ring (bicyclic) bond motifs is 3. The van der Waals surface area contributed by atoms with E-state index in [-0.39, 0.29) is 48.3 Å². The third-order valence-corrected chi connectivity index (χ3v) is 11.7. The molecule has 1 aliphatic carbocycles. The minimum absolute atomic E-state index is 0.00613. The highest BCUT2D eigenvalue weighted by Crippen LogP contribution is 2.47. The number of H-pyrrole nitrogens is 1. The Labute approximate surface area is 302 Å². The molecule has 16 heteroatoms. The number of piperidine rings is 1. The van der Waals surface area contributed by atoms with Crippen molar-refractivity contribution in [2.24, 2.45) is 5.41 Å². The van der Waals surface area contributed by atoms with Crippen molar-refractivity contribution in [3.05, 3.63) is 34.9 Å². The molecule has 10 nitrogen and oxygen atoms in total. The molecular weight excluding hydrogens is 709 g/mol. The molecule has 6 heterocycles. The maximum atomic E-state index is 16.8. The van der Waals surface area contributed by atoms with Crippen molar-refractivity contribution < 1.29 is 36.2 Å². The number of aromatic nitrogens is 5. The highest BCUT2D eigenvalue weighted by molar-refractivity contribution is 6.33. The molecule has 0 bridgehead atoms. The molecule has 3 aromatic heterocycles. The summed E-state index contributed by atoms with van der Waals surface area (Å²) in [6, 6.07) is 1.36. The number of hydrogen-bond acceptors (Lipinski definition) is 9. The largest absolute Gasteiger partial charge is 0.467 e. The molecule has 3 saturated heterocycles. The topological polar surface area (TPSA) is 110 Å². The monoisotopic (exact) mass is 749 g/mol. The van der Waals surface area contributed by atoms with E-state index in [0.717, 1.165) is 38.8 Å². The average molecular weight is 750 g/mol. The molecule has 4 aromatic rings. The smallest absolute Gasteiger partial charge is 0.422 e. The van der Waals surface area contributed by atoms with Gasteiger partial charge in [-0.1, -0.05) is 11.6 Å². The Morgan fingerprint density at radius 2 is 1.90 bits per heavy atom. The van der Waals surface area contributed by atoms with Crippen LogP contribution in [0.1, 0.15) is 63.4 Å². The second kappa shape index (κ2) is 14.1. The molecular formula is C36H41ClF5N7O3. The number of nitrogens with one attached hydrogen (secondary N) is 2. The Morgan fingerprint density at radius 1 is 1.04 bits per heavy atom. The minimum Gasteiger partial charge on any atom is -0.467 e. The van der Waals surface area contributed by atoms with E-state index in [4.69, 9.17) is 25.8 Å². The first kappa shape index (κ1) is 35.6. The first-order chi connectivity index (χ1) is 25.0. The Hall–Kier alpha value is -3.40. The second-order valence-electron chi connectivity index (χ2n) is 14.9. The highest BCUT2D eigenvalue weighted by atomic mass is 35.5. The zero-order chi connectivity index (χ0) is 36.1. The van der Waals surface area contributed by atoms with Gasteiger partial charge in [-0.05, 0) is 87.9 Å². The fourth-order valence-electron chi connectivity index (χ4n) is 8.83. The van der Waals surface area contributed by atoms with Crippen LogP contribution in [0.25, 0.3) is 33.1 Å². The van der Waals surface area contributed by atoms with Crippen LogP contribution >= 0.6 is 11.6 Å². The van der Waals surface area contributed by atoms with Gasteiger partial charge in [0, 0.05) is 48.3 Å². The van der Waals surface area contributed by atoms with Gasteiger partial charge in [-0.3, -0.25) is 15.0 Å². The number of unbranched alkanes of at least 4 members (excludes halogenated alkanes) is 1. The molecule has 8 rings (SSSR count). The van der Waals surface area contributed by atoms with Crippen molar-refractivity contribution in [1.82, 2.24) is 35.4 Å². The molecule has 1 aromatic carbocycles. The van der Waals surface area contributed by atoms with Crippen molar-refractivity contribution in [3.63, 3.8) is 0 Å². The summed E-state index contributed by atoms with van der Waals surface area (Å²) in [7, 11) is 0.